The van der Waals surface area contributed by atoms with Crippen molar-refractivity contribution in [3.8, 4) is 5.75 Å². The highest BCUT2D eigenvalue weighted by Gasteiger charge is 2.80. The maximum atomic E-state index is 15.6. The minimum absolute atomic E-state index is 0.101. The van der Waals surface area contributed by atoms with Crippen LogP contribution in [0.15, 0.2) is 48.6 Å². The lowest BCUT2D eigenvalue weighted by atomic mass is 9.47. The third kappa shape index (κ3) is 11.1. The van der Waals surface area contributed by atoms with Gasteiger partial charge < -0.3 is 60.1 Å². The van der Waals surface area contributed by atoms with Crippen molar-refractivity contribution in [2.75, 3.05) is 92.2 Å². The van der Waals surface area contributed by atoms with Crippen LogP contribution >= 0.6 is 0 Å². The van der Waals surface area contributed by atoms with Gasteiger partial charge in [-0.2, -0.15) is 0 Å². The SMILES string of the molecule is CC[C@]1(O)C[C@@H]2CN(CCc3c([nH]c4ccccc34)[C@@](C(=O)OC)(c3cc4c(cc3OC)N(C)[C@H]3[C@@](O)(C(=O)OC)[C@H](OCC(=O)CCCCCNC(=O)CNC(=O)C(C)(C)CC(C)(C)C(=O)NCC(C)O)[C@]5(CC)C=CCN6CC[C@]43[C@@H]65)C2)C1. The molecule has 20 nitrogen and oxygen atoms in total. The molecule has 3 fully saturated rings. The minimum atomic E-state index is -2.35. The van der Waals surface area contributed by atoms with Crippen molar-refractivity contribution in [2.24, 2.45) is 22.2 Å². The zero-order valence-electron chi connectivity index (χ0n) is 51.9. The van der Waals surface area contributed by atoms with Crippen LogP contribution in [0.25, 0.3) is 10.9 Å². The first-order valence-electron chi connectivity index (χ1n) is 30.7. The zero-order valence-corrected chi connectivity index (χ0v) is 51.9. The maximum absolute atomic E-state index is 15.6. The molecule has 0 radical (unpaired) electrons. The van der Waals surface area contributed by atoms with Gasteiger partial charge in [0.15, 0.2) is 5.78 Å². The quantitative estimate of drug-likeness (QED) is 0.0384. The Hall–Kier alpha value is -5.90. The molecule has 7 N–H and O–H groups in total. The Kier molecular flexibility index (Phi) is 18.2. The number of ketones is 1. The van der Waals surface area contributed by atoms with Crippen LogP contribution in [0.1, 0.15) is 135 Å². The molecule has 1 aromatic heterocycles. The number of hydrogen-bond donors (Lipinski definition) is 7. The highest BCUT2D eigenvalue weighted by Crippen LogP contribution is 2.68. The summed E-state index contributed by atoms with van der Waals surface area (Å²) in [5.74, 6) is -2.32. The van der Waals surface area contributed by atoms with Crippen molar-refractivity contribution in [3.05, 3.63) is 70.9 Å². The standard InChI is InChI=1S/C65H93N7O13/c1-12-61(80)32-41-33-64(57(78)83-10,51-44(23-28-71(36-41)39-61)43-21-16-17-22-47(43)69-51)46-30-45-48(31-49(46)82-9)70(8)53-63(45)25-29-72-27-19-24-62(13-2,52(63)72)54(65(53,81)58(79)84-11)85-37-42(74)20-15-14-18-26-66-50(75)35-68-56(77)60(6,7)38-59(4,5)55(76)67-34-40(3)73/h16-17,19,21-22,24,30-31,40-41,52-54,69,73,80-81H,12-15,18,20,23,25-29,32-39H2,1-11H3,(H,66,75)(H,67,76)(H,68,77)/t40?,41-,52-,53+,54+,61-,62+,63+,64-,65-/m0/s1. The van der Waals surface area contributed by atoms with Gasteiger partial charge in [-0.1, -0.05) is 78.3 Å². The fourth-order valence-electron chi connectivity index (χ4n) is 16.7. The monoisotopic (exact) mass is 1180 g/mol. The number of aliphatic hydroxyl groups is 3. The summed E-state index contributed by atoms with van der Waals surface area (Å²) in [5, 5.41) is 44.8. The number of fused-ring (bicyclic) bond motifs is 6. The lowest BCUT2D eigenvalue weighted by Crippen LogP contribution is -2.81. The van der Waals surface area contributed by atoms with Gasteiger partial charge in [-0.05, 0) is 100 Å². The smallest absolute Gasteiger partial charge is 0.342 e. The number of aromatic nitrogens is 1. The van der Waals surface area contributed by atoms with E-state index in [0.29, 0.717) is 114 Å². The zero-order chi connectivity index (χ0) is 61.7. The molecule has 2 aromatic carbocycles. The number of nitrogens with zero attached hydrogens (tertiary/aromatic N) is 3. The van der Waals surface area contributed by atoms with E-state index in [1.54, 1.807) is 41.7 Å². The largest absolute Gasteiger partial charge is 0.496 e. The highest BCUT2D eigenvalue weighted by atomic mass is 16.6. The van der Waals surface area contributed by atoms with Crippen molar-refractivity contribution in [1.82, 2.24) is 30.7 Å². The normalized spacial score (nSPS) is 29.9. The summed E-state index contributed by atoms with van der Waals surface area (Å²) in [6, 6.07) is 10.8. The molecule has 6 heterocycles. The van der Waals surface area contributed by atoms with Crippen LogP contribution in [0.3, 0.4) is 0 Å². The Morgan fingerprint density at radius 2 is 1.58 bits per heavy atom. The van der Waals surface area contributed by atoms with Gasteiger partial charge in [-0.3, -0.25) is 33.8 Å². The first-order chi connectivity index (χ1) is 40.3. The number of piperidine rings is 1. The number of benzene rings is 2. The van der Waals surface area contributed by atoms with Crippen molar-refractivity contribution in [2.45, 2.75) is 165 Å². The number of anilines is 1. The molecule has 1 spiro atoms. The second kappa shape index (κ2) is 24.3. The number of esters is 2. The fraction of sp³-hybridized carbons (Fsp3) is 0.662. The van der Waals surface area contributed by atoms with Gasteiger partial charge in [-0.25, -0.2) is 4.79 Å². The van der Waals surface area contributed by atoms with Gasteiger partial charge in [0, 0.05) is 114 Å². The van der Waals surface area contributed by atoms with E-state index in [2.05, 4.69) is 55.0 Å². The number of carbonyl (C=O) groups is 6. The number of rotatable bonds is 23. The Morgan fingerprint density at radius 3 is 2.26 bits per heavy atom. The van der Waals surface area contributed by atoms with E-state index in [1.807, 2.05) is 50.1 Å². The summed E-state index contributed by atoms with van der Waals surface area (Å²) in [4.78, 5) is 93.8. The molecule has 11 atom stereocenters. The summed E-state index contributed by atoms with van der Waals surface area (Å²) < 4.78 is 24.9. The van der Waals surface area contributed by atoms with E-state index in [9.17, 15) is 39.3 Å². The van der Waals surface area contributed by atoms with Crippen LogP contribution in [-0.4, -0.2) is 188 Å². The number of H-pyrrole nitrogens is 1. The van der Waals surface area contributed by atoms with E-state index >= 15 is 4.79 Å². The first kappa shape index (κ1) is 63.6. The minimum Gasteiger partial charge on any atom is -0.496 e. The molecule has 2 bridgehead atoms. The van der Waals surface area contributed by atoms with Crippen molar-refractivity contribution in [1.29, 1.82) is 0 Å². The number of hydrogen-bond acceptors (Lipinski definition) is 16. The van der Waals surface area contributed by atoms with Crippen LogP contribution in [0, 0.1) is 22.2 Å². The number of likely N-dealkylation sites (N-methyl/N-ethyl adjacent to an activating group) is 1. The Morgan fingerprint density at radius 1 is 0.859 bits per heavy atom. The topological polar surface area (TPSA) is 262 Å². The number of Topliss-reactive ketones (excluding diaryl/α,β-unsaturated/α-hetero) is 1. The van der Waals surface area contributed by atoms with E-state index in [0.717, 1.165) is 27.7 Å². The summed E-state index contributed by atoms with van der Waals surface area (Å²) in [5.41, 5.74) is -3.93. The number of ether oxygens (including phenoxy) is 4. The Labute approximate surface area is 500 Å². The molecule has 6 aliphatic rings. The number of unbranched alkanes of at least 4 members (excludes halogenated alkanes) is 2. The van der Waals surface area contributed by atoms with E-state index in [4.69, 9.17) is 18.9 Å². The molecule has 2 unspecified atom stereocenters. The molecule has 85 heavy (non-hydrogen) atoms. The van der Waals surface area contributed by atoms with E-state index in [-0.39, 0.29) is 68.0 Å². The molecule has 3 amide bonds. The second-order valence-electron chi connectivity index (χ2n) is 26.8. The fourth-order valence-corrected chi connectivity index (χ4v) is 16.7. The van der Waals surface area contributed by atoms with Gasteiger partial charge in [0.25, 0.3) is 0 Å². The lowest BCUT2D eigenvalue weighted by molar-refractivity contribution is -0.230. The molecule has 466 valence electrons. The summed E-state index contributed by atoms with van der Waals surface area (Å²) in [7, 11) is 6.15. The van der Waals surface area contributed by atoms with E-state index in [1.165, 1.54) is 14.2 Å². The predicted molar refractivity (Wildman–Crippen MR) is 321 cm³/mol. The lowest BCUT2D eigenvalue weighted by Gasteiger charge is -2.64. The predicted octanol–water partition coefficient (Wildman–Crippen LogP) is 4.75. The number of aliphatic hydroxyl groups excluding tert-OH is 1. The number of para-hydroxylation sites is 1. The van der Waals surface area contributed by atoms with Crippen LogP contribution in [-0.2, 0) is 60.2 Å². The van der Waals surface area contributed by atoms with Gasteiger partial charge in [0.1, 0.15) is 23.9 Å². The number of aromatic amines is 1. The molecular formula is C65H93N7O13. The molecule has 2 saturated heterocycles. The molecule has 3 aromatic rings. The number of amides is 3. The molecule has 5 aliphatic heterocycles. The summed E-state index contributed by atoms with van der Waals surface area (Å²) in [6.07, 6.45) is 7.11. The third-order valence-corrected chi connectivity index (χ3v) is 20.3. The molecule has 1 aliphatic carbocycles. The molecule has 20 heteroatoms. The average molecular weight is 1180 g/mol. The molecular weight excluding hydrogens is 1090 g/mol. The van der Waals surface area contributed by atoms with Crippen LogP contribution in [0.2, 0.25) is 0 Å². The van der Waals surface area contributed by atoms with Gasteiger partial charge >= 0.3 is 11.9 Å². The number of nitrogens with one attached hydrogen (secondary N) is 4. The number of carbonyl (C=O) groups excluding carboxylic acids is 6. The maximum Gasteiger partial charge on any atom is 0.342 e. The van der Waals surface area contributed by atoms with Gasteiger partial charge in [0.2, 0.25) is 23.3 Å². The Bertz CT molecular complexity index is 3070. The summed E-state index contributed by atoms with van der Waals surface area (Å²) in [6.45, 7) is 15.4. The average Bonchev–Trinajstić information content (AvgIpc) is 1.53. The van der Waals surface area contributed by atoms with Gasteiger partial charge in [-0.15, -0.1) is 0 Å². The van der Waals surface area contributed by atoms with E-state index < -0.39 is 68.5 Å². The van der Waals surface area contributed by atoms with Crippen LogP contribution in [0.4, 0.5) is 5.69 Å². The van der Waals surface area contributed by atoms with Gasteiger partial charge in [0.05, 0.1) is 45.6 Å². The molecule has 1 saturated carbocycles. The van der Waals surface area contributed by atoms with Crippen molar-refractivity contribution in [3.63, 3.8) is 0 Å². The van der Waals surface area contributed by atoms with Crippen LogP contribution in [0.5, 0.6) is 5.75 Å². The highest BCUT2D eigenvalue weighted by molar-refractivity contribution is 5.95. The van der Waals surface area contributed by atoms with Crippen LogP contribution < -0.4 is 25.6 Å². The third-order valence-electron chi connectivity index (χ3n) is 20.3. The molecule has 9 rings (SSSR count). The number of methoxy groups -OCH3 is 3. The Balaban J connectivity index is 0.966. The second-order valence-corrected chi connectivity index (χ2v) is 26.8. The van der Waals surface area contributed by atoms with Crippen molar-refractivity contribution >= 4 is 52.0 Å². The van der Waals surface area contributed by atoms with Crippen molar-refractivity contribution < 1.29 is 63.0 Å². The summed E-state index contributed by atoms with van der Waals surface area (Å²) >= 11 is 0. The first-order valence-corrected chi connectivity index (χ1v) is 30.7.